The Bertz CT molecular complexity index is 229. The summed E-state index contributed by atoms with van der Waals surface area (Å²) in [7, 11) is 4.35. The summed E-state index contributed by atoms with van der Waals surface area (Å²) in [4.78, 5) is 2.31. The zero-order valence-electron chi connectivity index (χ0n) is 13.1. The third kappa shape index (κ3) is 6.44. The summed E-state index contributed by atoms with van der Waals surface area (Å²) in [6.07, 6.45) is 2.60. The maximum atomic E-state index is 3.91. The van der Waals surface area contributed by atoms with Crippen molar-refractivity contribution in [1.29, 1.82) is 0 Å². The zero-order chi connectivity index (χ0) is 13.8. The molecule has 1 N–H and O–H groups in total. The molecular weight excluding hydrogens is 240 g/mol. The molecular formula is C15H32N2S. The quantitative estimate of drug-likeness (QED) is 0.800. The molecule has 1 rings (SSSR count). The number of likely N-dealkylation sites (N-methyl/N-ethyl adjacent to an activating group) is 1. The lowest BCUT2D eigenvalue weighted by atomic mass is 9.87. The third-order valence-electron chi connectivity index (χ3n) is 3.42. The summed E-state index contributed by atoms with van der Waals surface area (Å²) < 4.78 is 0. The van der Waals surface area contributed by atoms with Crippen molar-refractivity contribution in [2.24, 2.45) is 11.3 Å². The van der Waals surface area contributed by atoms with Crippen LogP contribution in [0, 0.1) is 11.3 Å². The van der Waals surface area contributed by atoms with E-state index in [1.165, 1.54) is 24.3 Å². The molecule has 1 heterocycles. The second-order valence-electron chi connectivity index (χ2n) is 7.34. The summed E-state index contributed by atoms with van der Waals surface area (Å²) in [5.74, 6) is 3.37. The first-order valence-corrected chi connectivity index (χ1v) is 8.42. The van der Waals surface area contributed by atoms with Crippen LogP contribution in [0.3, 0.4) is 0 Å². The summed E-state index contributed by atoms with van der Waals surface area (Å²) >= 11 is 2.11. The lowest BCUT2D eigenvalue weighted by Crippen LogP contribution is -2.49. The van der Waals surface area contributed by atoms with E-state index in [1.807, 2.05) is 0 Å². The molecule has 2 atom stereocenters. The van der Waals surface area contributed by atoms with E-state index < -0.39 is 0 Å². The molecule has 0 aromatic heterocycles. The second-order valence-corrected chi connectivity index (χ2v) is 8.37. The van der Waals surface area contributed by atoms with E-state index in [0.717, 1.165) is 12.5 Å². The van der Waals surface area contributed by atoms with Crippen molar-refractivity contribution >= 4 is 11.8 Å². The van der Waals surface area contributed by atoms with E-state index in [2.05, 4.69) is 63.8 Å². The molecule has 2 nitrogen and oxygen atoms in total. The van der Waals surface area contributed by atoms with Gasteiger partial charge in [0.2, 0.25) is 0 Å². The number of hydrogen-bond donors (Lipinski definition) is 1. The Morgan fingerprint density at radius 1 is 1.33 bits per heavy atom. The predicted molar refractivity (Wildman–Crippen MR) is 84.4 cm³/mol. The van der Waals surface area contributed by atoms with E-state index >= 15 is 0 Å². The fraction of sp³-hybridized carbons (Fsp3) is 1.00. The average molecular weight is 273 g/mol. The van der Waals surface area contributed by atoms with E-state index in [1.54, 1.807) is 0 Å². The van der Waals surface area contributed by atoms with Crippen LogP contribution in [0.25, 0.3) is 0 Å². The molecule has 1 aliphatic rings. The Balaban J connectivity index is 2.48. The number of nitrogens with zero attached hydrogens (tertiary/aromatic N) is 1. The molecule has 0 aromatic carbocycles. The Hall–Kier alpha value is 0.270. The fourth-order valence-corrected chi connectivity index (χ4v) is 4.19. The highest BCUT2D eigenvalue weighted by atomic mass is 32.2. The van der Waals surface area contributed by atoms with Gasteiger partial charge in [0.1, 0.15) is 0 Å². The van der Waals surface area contributed by atoms with E-state index in [-0.39, 0.29) is 0 Å². The highest BCUT2D eigenvalue weighted by Gasteiger charge is 2.29. The van der Waals surface area contributed by atoms with Gasteiger partial charge in [-0.25, -0.2) is 0 Å². The van der Waals surface area contributed by atoms with Crippen molar-refractivity contribution < 1.29 is 0 Å². The molecule has 0 saturated carbocycles. The SMILES string of the molecule is CC(C)CC(CN(C)C)NC1CSCC(C)(C)C1. The van der Waals surface area contributed by atoms with Crippen molar-refractivity contribution in [2.75, 3.05) is 32.1 Å². The maximum absolute atomic E-state index is 3.91. The Morgan fingerprint density at radius 2 is 2.00 bits per heavy atom. The fourth-order valence-electron chi connectivity index (χ4n) is 2.91. The second kappa shape index (κ2) is 7.16. The van der Waals surface area contributed by atoms with E-state index in [0.29, 0.717) is 17.5 Å². The summed E-state index contributed by atoms with van der Waals surface area (Å²) in [6, 6.07) is 1.34. The normalized spacial score (nSPS) is 25.7. The first-order chi connectivity index (χ1) is 8.28. The standard InChI is InChI=1S/C15H32N2S/c1-12(2)7-13(9-17(5)6)16-14-8-15(3,4)11-18-10-14/h12-14,16H,7-11H2,1-6H3. The van der Waals surface area contributed by atoms with Gasteiger partial charge in [0.15, 0.2) is 0 Å². The van der Waals surface area contributed by atoms with Crippen molar-refractivity contribution in [1.82, 2.24) is 10.2 Å². The zero-order valence-corrected chi connectivity index (χ0v) is 13.9. The highest BCUT2D eigenvalue weighted by molar-refractivity contribution is 7.99. The number of hydrogen-bond acceptors (Lipinski definition) is 3. The maximum Gasteiger partial charge on any atom is 0.0200 e. The van der Waals surface area contributed by atoms with Crippen molar-refractivity contribution in [2.45, 2.75) is 52.6 Å². The first-order valence-electron chi connectivity index (χ1n) is 7.27. The molecule has 0 radical (unpaired) electrons. The van der Waals surface area contributed by atoms with Gasteiger partial charge in [0.25, 0.3) is 0 Å². The molecule has 3 heteroatoms. The molecule has 0 spiro atoms. The summed E-state index contributed by atoms with van der Waals surface area (Å²) in [6.45, 7) is 10.6. The van der Waals surface area contributed by atoms with Gasteiger partial charge in [-0.2, -0.15) is 11.8 Å². The number of thioether (sulfide) groups is 1. The molecule has 1 aliphatic heterocycles. The topological polar surface area (TPSA) is 15.3 Å². The molecule has 0 bridgehead atoms. The third-order valence-corrected chi connectivity index (χ3v) is 5.05. The average Bonchev–Trinajstić information content (AvgIpc) is 2.12. The van der Waals surface area contributed by atoms with Crippen LogP contribution in [0.2, 0.25) is 0 Å². The Kier molecular flexibility index (Phi) is 6.49. The lowest BCUT2D eigenvalue weighted by Gasteiger charge is -2.38. The van der Waals surface area contributed by atoms with Gasteiger partial charge in [-0.3, -0.25) is 0 Å². The Morgan fingerprint density at radius 3 is 2.50 bits per heavy atom. The molecule has 108 valence electrons. The van der Waals surface area contributed by atoms with Gasteiger partial charge in [-0.05, 0) is 44.0 Å². The van der Waals surface area contributed by atoms with Crippen molar-refractivity contribution in [3.05, 3.63) is 0 Å². The largest absolute Gasteiger partial charge is 0.309 e. The van der Waals surface area contributed by atoms with Crippen LogP contribution in [-0.4, -0.2) is 49.1 Å². The molecule has 1 saturated heterocycles. The summed E-state index contributed by atoms with van der Waals surface area (Å²) in [5.41, 5.74) is 0.501. The lowest BCUT2D eigenvalue weighted by molar-refractivity contribution is 0.253. The van der Waals surface area contributed by atoms with Crippen LogP contribution in [0.1, 0.15) is 40.5 Å². The van der Waals surface area contributed by atoms with Crippen LogP contribution in [-0.2, 0) is 0 Å². The van der Waals surface area contributed by atoms with Gasteiger partial charge in [0.05, 0.1) is 0 Å². The van der Waals surface area contributed by atoms with Crippen LogP contribution in [0.15, 0.2) is 0 Å². The summed E-state index contributed by atoms with van der Waals surface area (Å²) in [5, 5.41) is 3.91. The minimum absolute atomic E-state index is 0.501. The van der Waals surface area contributed by atoms with Crippen LogP contribution < -0.4 is 5.32 Å². The molecule has 2 unspecified atom stereocenters. The first kappa shape index (κ1) is 16.3. The van der Waals surface area contributed by atoms with Crippen LogP contribution in [0.5, 0.6) is 0 Å². The smallest absolute Gasteiger partial charge is 0.0200 e. The van der Waals surface area contributed by atoms with Crippen molar-refractivity contribution in [3.63, 3.8) is 0 Å². The molecule has 0 amide bonds. The van der Waals surface area contributed by atoms with Crippen LogP contribution >= 0.6 is 11.8 Å². The minimum atomic E-state index is 0.501. The minimum Gasteiger partial charge on any atom is -0.309 e. The van der Waals surface area contributed by atoms with Gasteiger partial charge in [0, 0.05) is 24.4 Å². The van der Waals surface area contributed by atoms with E-state index in [9.17, 15) is 0 Å². The number of nitrogens with one attached hydrogen (secondary N) is 1. The van der Waals surface area contributed by atoms with Gasteiger partial charge in [-0.15, -0.1) is 0 Å². The highest BCUT2D eigenvalue weighted by Crippen LogP contribution is 2.33. The van der Waals surface area contributed by atoms with Gasteiger partial charge >= 0.3 is 0 Å². The van der Waals surface area contributed by atoms with Gasteiger partial charge < -0.3 is 10.2 Å². The van der Waals surface area contributed by atoms with Gasteiger partial charge in [-0.1, -0.05) is 27.7 Å². The Labute approximate surface area is 118 Å². The van der Waals surface area contributed by atoms with E-state index in [4.69, 9.17) is 0 Å². The molecule has 18 heavy (non-hydrogen) atoms. The monoisotopic (exact) mass is 272 g/mol. The molecule has 0 aromatic rings. The predicted octanol–water partition coefficient (Wildman–Crippen LogP) is 3.08. The molecule has 1 fully saturated rings. The molecule has 0 aliphatic carbocycles. The van der Waals surface area contributed by atoms with Crippen LogP contribution in [0.4, 0.5) is 0 Å². The van der Waals surface area contributed by atoms with Crippen molar-refractivity contribution in [3.8, 4) is 0 Å². The number of rotatable bonds is 6.